The molecule has 0 aromatic heterocycles. The van der Waals surface area contributed by atoms with Crippen LogP contribution < -0.4 is 0 Å². The molecule has 2 nitrogen and oxygen atoms in total. The molecule has 0 aliphatic rings. The van der Waals surface area contributed by atoms with Gasteiger partial charge in [0.1, 0.15) is 12.8 Å². The predicted octanol–water partition coefficient (Wildman–Crippen LogP) is 4.10. The smallest absolute Gasteiger partial charge is 0.399 e. The average Bonchev–Trinajstić information content (AvgIpc) is 2.45. The largest absolute Gasteiger partial charge is 0.416 e. The van der Waals surface area contributed by atoms with Crippen LogP contribution in [0.2, 0.25) is 0 Å². The number of alkyl halides is 3. The highest BCUT2D eigenvalue weighted by Gasteiger charge is 2.30. The van der Waals surface area contributed by atoms with Crippen LogP contribution in [-0.4, -0.2) is 12.8 Å². The Hall–Kier alpha value is -2.30. The molecule has 0 N–H and O–H groups in total. The average molecular weight is 279 g/mol. The van der Waals surface area contributed by atoms with E-state index in [-0.39, 0.29) is 0 Å². The molecule has 0 bridgehead atoms. The molecule has 20 heavy (non-hydrogen) atoms. The fraction of sp³-hybridized carbons (Fsp3) is 0.133. The Morgan fingerprint density at radius 3 is 1.95 bits per heavy atom. The second-order valence-electron chi connectivity index (χ2n) is 4.06. The lowest BCUT2D eigenvalue weighted by Gasteiger charge is -2.09. The Morgan fingerprint density at radius 1 is 0.900 bits per heavy atom. The predicted molar refractivity (Wildman–Crippen MR) is 70.5 cm³/mol. The van der Waals surface area contributed by atoms with E-state index >= 15 is 0 Å². The van der Waals surface area contributed by atoms with Gasteiger partial charge in [-0.15, -0.1) is 0 Å². The van der Waals surface area contributed by atoms with Crippen molar-refractivity contribution in [3.05, 3.63) is 71.3 Å². The van der Waals surface area contributed by atoms with Crippen LogP contribution in [-0.2, 0) is 11.0 Å². The van der Waals surface area contributed by atoms with Gasteiger partial charge in [-0.1, -0.05) is 47.6 Å². The molecule has 2 rings (SSSR count). The summed E-state index contributed by atoms with van der Waals surface area (Å²) in [4.78, 5) is 4.78. The summed E-state index contributed by atoms with van der Waals surface area (Å²) in [5.41, 5.74) is 1.13. The molecule has 2 aromatic rings. The molecule has 0 unspecified atom stereocenters. The molecule has 0 saturated carbocycles. The van der Waals surface area contributed by atoms with Crippen LogP contribution in [0.15, 0.2) is 59.8 Å². The third-order valence-electron chi connectivity index (χ3n) is 2.72. The minimum Gasteiger partial charge on any atom is -0.399 e. The normalized spacial score (nSPS) is 12.3. The molecule has 0 fully saturated rings. The van der Waals surface area contributed by atoms with Crippen LogP contribution in [0.1, 0.15) is 16.7 Å². The van der Waals surface area contributed by atoms with Gasteiger partial charge in [0, 0.05) is 11.1 Å². The molecule has 0 aliphatic heterocycles. The Labute approximate surface area is 114 Å². The van der Waals surface area contributed by atoms with Gasteiger partial charge in [0.05, 0.1) is 5.56 Å². The van der Waals surface area contributed by atoms with E-state index in [0.717, 1.165) is 17.7 Å². The van der Waals surface area contributed by atoms with Crippen molar-refractivity contribution in [2.45, 2.75) is 6.18 Å². The molecule has 0 saturated heterocycles. The molecule has 0 heterocycles. The maximum atomic E-state index is 12.5. The van der Waals surface area contributed by atoms with E-state index in [1.165, 1.54) is 19.2 Å². The van der Waals surface area contributed by atoms with Crippen LogP contribution in [0.25, 0.3) is 0 Å². The van der Waals surface area contributed by atoms with Crippen molar-refractivity contribution >= 4 is 5.71 Å². The number of rotatable bonds is 3. The van der Waals surface area contributed by atoms with Crippen LogP contribution in [0.3, 0.4) is 0 Å². The Balaban J connectivity index is 2.39. The first-order chi connectivity index (χ1) is 9.52. The van der Waals surface area contributed by atoms with Gasteiger partial charge in [0.2, 0.25) is 0 Å². The van der Waals surface area contributed by atoms with Crippen molar-refractivity contribution in [3.63, 3.8) is 0 Å². The minimum absolute atomic E-state index is 0.488. The number of oxime groups is 1. The van der Waals surface area contributed by atoms with E-state index in [1.54, 1.807) is 0 Å². The fourth-order valence-electron chi connectivity index (χ4n) is 1.78. The molecule has 0 aliphatic carbocycles. The first-order valence-corrected chi connectivity index (χ1v) is 5.86. The molecule has 0 radical (unpaired) electrons. The van der Waals surface area contributed by atoms with Gasteiger partial charge >= 0.3 is 6.18 Å². The van der Waals surface area contributed by atoms with E-state index in [9.17, 15) is 13.2 Å². The van der Waals surface area contributed by atoms with Gasteiger partial charge in [-0.2, -0.15) is 13.2 Å². The first-order valence-electron chi connectivity index (χ1n) is 5.86. The van der Waals surface area contributed by atoms with Crippen molar-refractivity contribution in [2.75, 3.05) is 7.11 Å². The zero-order chi connectivity index (χ0) is 14.6. The maximum absolute atomic E-state index is 12.5. The summed E-state index contributed by atoms with van der Waals surface area (Å²) >= 11 is 0. The molecule has 0 spiro atoms. The molecule has 2 aromatic carbocycles. The van der Waals surface area contributed by atoms with Gasteiger partial charge in [0.15, 0.2) is 0 Å². The number of hydrogen-bond acceptors (Lipinski definition) is 2. The quantitative estimate of drug-likeness (QED) is 0.612. The summed E-state index contributed by atoms with van der Waals surface area (Å²) in [6.45, 7) is 0. The Bertz CT molecular complexity index is 589. The maximum Gasteiger partial charge on any atom is 0.416 e. The van der Waals surface area contributed by atoms with Gasteiger partial charge in [-0.3, -0.25) is 0 Å². The van der Waals surface area contributed by atoms with Crippen LogP contribution in [0, 0.1) is 0 Å². The highest BCUT2D eigenvalue weighted by molar-refractivity contribution is 6.12. The molecular formula is C15H12F3NO. The Morgan fingerprint density at radius 2 is 1.45 bits per heavy atom. The monoisotopic (exact) mass is 279 g/mol. The second kappa shape index (κ2) is 5.77. The number of hydrogen-bond donors (Lipinski definition) is 0. The SMILES string of the molecule is CO/N=C(/c1ccccc1)c1ccc(C(F)(F)F)cc1. The summed E-state index contributed by atoms with van der Waals surface area (Å²) < 4.78 is 37.6. The van der Waals surface area contributed by atoms with Gasteiger partial charge in [-0.25, -0.2) is 0 Å². The highest BCUT2D eigenvalue weighted by Crippen LogP contribution is 2.29. The summed E-state index contributed by atoms with van der Waals surface area (Å²) in [5.74, 6) is 0. The standard InChI is InChI=1S/C15H12F3NO/c1-20-19-14(11-5-3-2-4-6-11)12-7-9-13(10-8-12)15(16,17)18/h2-10H,1H3/b19-14-. The van der Waals surface area contributed by atoms with Crippen LogP contribution in [0.4, 0.5) is 13.2 Å². The lowest BCUT2D eigenvalue weighted by atomic mass is 10.0. The molecular weight excluding hydrogens is 267 g/mol. The molecule has 0 atom stereocenters. The van der Waals surface area contributed by atoms with Gasteiger partial charge < -0.3 is 4.84 Å². The Kier molecular flexibility index (Phi) is 4.08. The van der Waals surface area contributed by atoms with E-state index < -0.39 is 11.7 Å². The van der Waals surface area contributed by atoms with E-state index in [1.807, 2.05) is 30.3 Å². The third kappa shape index (κ3) is 3.17. The molecule has 0 amide bonds. The van der Waals surface area contributed by atoms with Crippen molar-refractivity contribution in [1.29, 1.82) is 0 Å². The zero-order valence-electron chi connectivity index (χ0n) is 10.7. The van der Waals surface area contributed by atoms with E-state index in [0.29, 0.717) is 11.3 Å². The number of halogens is 3. The number of benzene rings is 2. The van der Waals surface area contributed by atoms with Crippen molar-refractivity contribution in [2.24, 2.45) is 5.16 Å². The fourth-order valence-corrected chi connectivity index (χ4v) is 1.78. The van der Waals surface area contributed by atoms with Crippen molar-refractivity contribution < 1.29 is 18.0 Å². The minimum atomic E-state index is -4.34. The number of nitrogens with zero attached hydrogens (tertiary/aromatic N) is 1. The highest BCUT2D eigenvalue weighted by atomic mass is 19.4. The van der Waals surface area contributed by atoms with Crippen LogP contribution in [0.5, 0.6) is 0 Å². The zero-order valence-corrected chi connectivity index (χ0v) is 10.7. The van der Waals surface area contributed by atoms with Crippen molar-refractivity contribution in [1.82, 2.24) is 0 Å². The van der Waals surface area contributed by atoms with Crippen molar-refractivity contribution in [3.8, 4) is 0 Å². The first kappa shape index (κ1) is 14.1. The lowest BCUT2D eigenvalue weighted by Crippen LogP contribution is -2.07. The van der Waals surface area contributed by atoms with E-state index in [2.05, 4.69) is 5.16 Å². The van der Waals surface area contributed by atoms with Gasteiger partial charge in [-0.05, 0) is 12.1 Å². The molecule has 104 valence electrons. The molecule has 5 heteroatoms. The topological polar surface area (TPSA) is 21.6 Å². The van der Waals surface area contributed by atoms with Gasteiger partial charge in [0.25, 0.3) is 0 Å². The lowest BCUT2D eigenvalue weighted by molar-refractivity contribution is -0.137. The van der Waals surface area contributed by atoms with E-state index in [4.69, 9.17) is 4.84 Å². The third-order valence-corrected chi connectivity index (χ3v) is 2.72. The summed E-state index contributed by atoms with van der Waals surface area (Å²) in [6.07, 6.45) is -4.34. The summed E-state index contributed by atoms with van der Waals surface area (Å²) in [7, 11) is 1.40. The van der Waals surface area contributed by atoms with Crippen LogP contribution >= 0.6 is 0 Å². The summed E-state index contributed by atoms with van der Waals surface area (Å²) in [6, 6.07) is 14.0. The second-order valence-corrected chi connectivity index (χ2v) is 4.06. The summed E-state index contributed by atoms with van der Waals surface area (Å²) in [5, 5.41) is 3.89.